The molecule has 0 amide bonds. The number of likely N-dealkylation sites (tertiary alicyclic amines) is 1. The molecule has 42 valence electrons. The van der Waals surface area contributed by atoms with Gasteiger partial charge in [-0.15, -0.1) is 0 Å². The Balaban J connectivity index is 0.000000490. The Morgan fingerprint density at radius 1 is 1.25 bits per heavy atom. The molecule has 0 N–H and O–H groups in total. The minimum absolute atomic E-state index is 0. The van der Waals surface area contributed by atoms with E-state index in [1.54, 1.807) is 0 Å². The van der Waals surface area contributed by atoms with Crippen LogP contribution in [0.1, 0.15) is 12.8 Å². The number of nitrogens with zero attached hydrogens (tertiary/aromatic N) is 1. The first-order chi connectivity index (χ1) is 3.39. The Kier molecular flexibility index (Phi) is 5.99. The number of piperidine rings is 1. The second-order valence-electron chi connectivity index (χ2n) is 2.17. The predicted octanol–water partition coefficient (Wildman–Crippen LogP) is 0.916. The third-order valence-corrected chi connectivity index (χ3v) is 1.43. The molecule has 1 saturated heterocycles. The molecule has 0 aliphatic carbocycles. The summed E-state index contributed by atoms with van der Waals surface area (Å²) < 4.78 is 0. The van der Waals surface area contributed by atoms with Gasteiger partial charge in [0.25, 0.3) is 0 Å². The number of hydrogen-bond acceptors (Lipinski definition) is 1. The number of rotatable bonds is 0. The first-order valence-electron chi connectivity index (χ1n) is 2.90. The average Bonchev–Trinajstić information content (AvgIpc) is 1.69. The van der Waals surface area contributed by atoms with Crippen molar-refractivity contribution >= 4 is 0 Å². The average molecular weight is 239 g/mol. The van der Waals surface area contributed by atoms with Crippen molar-refractivity contribution in [3.8, 4) is 0 Å². The summed E-state index contributed by atoms with van der Waals surface area (Å²) in [5, 5.41) is 0. The Morgan fingerprint density at radius 2 is 1.75 bits per heavy atom. The summed E-state index contributed by atoms with van der Waals surface area (Å²) in [6.07, 6.45) is 4.94. The van der Waals surface area contributed by atoms with Crippen molar-refractivity contribution in [2.75, 3.05) is 20.1 Å². The zero-order valence-corrected chi connectivity index (χ0v) is 9.13. The molecule has 0 aromatic rings. The number of hydrogen-bond donors (Lipinski definition) is 0. The molecular weight excluding hydrogens is 227 g/mol. The maximum Gasteiger partial charge on any atom is 3.00 e. The van der Waals surface area contributed by atoms with E-state index in [0.29, 0.717) is 0 Å². The molecule has 8 heavy (non-hydrogen) atoms. The Morgan fingerprint density at radius 3 is 2.00 bits per heavy atom. The molecule has 0 unspecified atom stereocenters. The van der Waals surface area contributed by atoms with Crippen molar-refractivity contribution in [2.45, 2.75) is 12.8 Å². The van der Waals surface area contributed by atoms with Gasteiger partial charge in [-0.2, -0.15) is 12.8 Å². The van der Waals surface area contributed by atoms with E-state index in [9.17, 15) is 0 Å². The molecule has 0 aromatic heterocycles. The SMILES string of the molecule is CN1CC[CH-]CC1.[Pr+3]. The molecule has 1 rings (SSSR count). The van der Waals surface area contributed by atoms with Gasteiger partial charge in [0.15, 0.2) is 0 Å². The smallest absolute Gasteiger partial charge is 0.326 e. The van der Waals surface area contributed by atoms with Crippen molar-refractivity contribution in [1.29, 1.82) is 0 Å². The second kappa shape index (κ2) is 5.14. The van der Waals surface area contributed by atoms with Gasteiger partial charge >= 0.3 is 41.3 Å². The quantitative estimate of drug-likeness (QED) is 0.568. The van der Waals surface area contributed by atoms with Gasteiger partial charge in [-0.05, 0) is 20.1 Å². The van der Waals surface area contributed by atoms with Gasteiger partial charge in [0.2, 0.25) is 0 Å². The molecular formula is C6H12NPr+2. The van der Waals surface area contributed by atoms with Crippen LogP contribution in [0.4, 0.5) is 0 Å². The van der Waals surface area contributed by atoms with Crippen LogP contribution in [-0.2, 0) is 0 Å². The second-order valence-corrected chi connectivity index (χ2v) is 2.17. The molecule has 1 aliphatic heterocycles. The van der Waals surface area contributed by atoms with Gasteiger partial charge in [-0.25, -0.2) is 0 Å². The van der Waals surface area contributed by atoms with Crippen molar-refractivity contribution < 1.29 is 41.3 Å². The van der Waals surface area contributed by atoms with Gasteiger partial charge in [-0.1, -0.05) is 0 Å². The first-order valence-corrected chi connectivity index (χ1v) is 2.90. The standard InChI is InChI=1S/C6H12N.Pr/c1-7-5-3-2-4-6-7;/h2H,3-6H2,1H3;/q-1;+3. The van der Waals surface area contributed by atoms with Gasteiger partial charge in [0, 0.05) is 0 Å². The summed E-state index contributed by atoms with van der Waals surface area (Å²) in [5.41, 5.74) is 0. The minimum atomic E-state index is 0. The summed E-state index contributed by atoms with van der Waals surface area (Å²) in [5.74, 6) is 0. The van der Waals surface area contributed by atoms with Crippen molar-refractivity contribution in [2.24, 2.45) is 0 Å². The molecule has 1 nitrogen and oxygen atoms in total. The summed E-state index contributed by atoms with van der Waals surface area (Å²) in [6, 6.07) is 0. The van der Waals surface area contributed by atoms with Crippen LogP contribution in [0.5, 0.6) is 0 Å². The van der Waals surface area contributed by atoms with Crippen LogP contribution in [0.15, 0.2) is 0 Å². The van der Waals surface area contributed by atoms with E-state index >= 15 is 0 Å². The van der Waals surface area contributed by atoms with Crippen LogP contribution in [0.2, 0.25) is 0 Å². The van der Waals surface area contributed by atoms with Crippen molar-refractivity contribution in [1.82, 2.24) is 4.90 Å². The fourth-order valence-electron chi connectivity index (χ4n) is 0.879. The molecule has 0 spiro atoms. The normalized spacial score (nSPS) is 22.1. The maximum atomic E-state index is 2.36. The van der Waals surface area contributed by atoms with Crippen LogP contribution in [-0.4, -0.2) is 25.0 Å². The van der Waals surface area contributed by atoms with E-state index in [1.165, 1.54) is 25.9 Å². The van der Waals surface area contributed by atoms with Gasteiger partial charge in [-0.3, -0.25) is 0 Å². The minimum Gasteiger partial charge on any atom is -0.326 e. The third kappa shape index (κ3) is 3.37. The summed E-state index contributed by atoms with van der Waals surface area (Å²) in [4.78, 5) is 2.36. The predicted molar refractivity (Wildman–Crippen MR) is 31.0 cm³/mol. The molecule has 0 saturated carbocycles. The Labute approximate surface area is 84.8 Å². The molecule has 0 radical (unpaired) electrons. The van der Waals surface area contributed by atoms with E-state index in [1.807, 2.05) is 0 Å². The van der Waals surface area contributed by atoms with Crippen molar-refractivity contribution in [3.05, 3.63) is 6.42 Å². The molecule has 1 heterocycles. The van der Waals surface area contributed by atoms with Crippen LogP contribution < -0.4 is 0 Å². The van der Waals surface area contributed by atoms with Gasteiger partial charge in [0.1, 0.15) is 0 Å². The zero-order valence-electron chi connectivity index (χ0n) is 5.43. The van der Waals surface area contributed by atoms with Gasteiger partial charge < -0.3 is 11.3 Å². The zero-order chi connectivity index (χ0) is 5.11. The molecule has 1 aliphatic rings. The van der Waals surface area contributed by atoms with E-state index in [2.05, 4.69) is 18.4 Å². The molecule has 2 heteroatoms. The van der Waals surface area contributed by atoms with Gasteiger partial charge in [0.05, 0.1) is 0 Å². The summed E-state index contributed by atoms with van der Waals surface area (Å²) in [7, 11) is 2.17. The summed E-state index contributed by atoms with van der Waals surface area (Å²) >= 11 is 0. The molecule has 0 aromatic carbocycles. The molecule has 0 bridgehead atoms. The maximum absolute atomic E-state index is 2.36. The van der Waals surface area contributed by atoms with Crippen LogP contribution in [0, 0.1) is 47.7 Å². The van der Waals surface area contributed by atoms with Crippen LogP contribution >= 0.6 is 0 Å². The molecule has 0 atom stereocenters. The third-order valence-electron chi connectivity index (χ3n) is 1.43. The molecule has 1 fully saturated rings. The summed E-state index contributed by atoms with van der Waals surface area (Å²) in [6.45, 7) is 2.53. The fourth-order valence-corrected chi connectivity index (χ4v) is 0.879. The monoisotopic (exact) mass is 239 g/mol. The van der Waals surface area contributed by atoms with E-state index in [4.69, 9.17) is 0 Å². The largest absolute Gasteiger partial charge is 3.00 e. The fraction of sp³-hybridized carbons (Fsp3) is 0.833. The Bertz CT molecular complexity index is 50.5. The van der Waals surface area contributed by atoms with Crippen LogP contribution in [0.3, 0.4) is 0 Å². The van der Waals surface area contributed by atoms with E-state index < -0.39 is 0 Å². The Hall–Kier alpha value is 1.32. The van der Waals surface area contributed by atoms with Crippen LogP contribution in [0.25, 0.3) is 0 Å². The van der Waals surface area contributed by atoms with E-state index in [-0.39, 0.29) is 41.3 Å². The topological polar surface area (TPSA) is 3.24 Å². The van der Waals surface area contributed by atoms with E-state index in [0.717, 1.165) is 0 Å². The first kappa shape index (κ1) is 9.32. The van der Waals surface area contributed by atoms with Crippen molar-refractivity contribution in [3.63, 3.8) is 0 Å².